The first-order valence-electron chi connectivity index (χ1n) is 4.79. The van der Waals surface area contributed by atoms with Gasteiger partial charge in [-0.1, -0.05) is 23.2 Å². The number of nitriles is 1. The van der Waals surface area contributed by atoms with Crippen LogP contribution in [0.2, 0.25) is 10.2 Å². The minimum Gasteiger partial charge on any atom is -0.439 e. The molecule has 0 bridgehead atoms. The Labute approximate surface area is 112 Å². The number of ether oxygens (including phenoxy) is 1. The molecular formula is C12H5Cl2FN2O. The summed E-state index contributed by atoms with van der Waals surface area (Å²) in [6.45, 7) is 0. The number of hydrogen-bond acceptors (Lipinski definition) is 3. The number of halogens is 3. The smallest absolute Gasteiger partial charge is 0.221 e. The van der Waals surface area contributed by atoms with Gasteiger partial charge >= 0.3 is 0 Å². The van der Waals surface area contributed by atoms with E-state index in [0.29, 0.717) is 11.3 Å². The predicted molar refractivity (Wildman–Crippen MR) is 65.4 cm³/mol. The molecule has 0 saturated carbocycles. The van der Waals surface area contributed by atoms with Crippen LogP contribution in [-0.2, 0) is 0 Å². The van der Waals surface area contributed by atoms with Crippen LogP contribution in [0, 0.1) is 17.1 Å². The molecule has 0 aliphatic heterocycles. The van der Waals surface area contributed by atoms with Gasteiger partial charge in [0.1, 0.15) is 16.7 Å². The first-order chi connectivity index (χ1) is 8.58. The lowest BCUT2D eigenvalue weighted by Gasteiger charge is -2.06. The zero-order valence-corrected chi connectivity index (χ0v) is 10.3. The van der Waals surface area contributed by atoms with E-state index < -0.39 is 5.82 Å². The van der Waals surface area contributed by atoms with Crippen molar-refractivity contribution in [2.45, 2.75) is 0 Å². The van der Waals surface area contributed by atoms with E-state index in [2.05, 4.69) is 4.98 Å². The highest BCUT2D eigenvalue weighted by atomic mass is 35.5. The molecule has 1 heterocycles. The minimum absolute atomic E-state index is 0.0602. The standard InChI is InChI=1S/C12H5Cl2FN2O/c13-9-5-8(1-2-10(9)15)18-12-4-7(6-16)3-11(14)17-12/h1-5H. The van der Waals surface area contributed by atoms with Crippen LogP contribution in [-0.4, -0.2) is 4.98 Å². The van der Waals surface area contributed by atoms with Crippen molar-refractivity contribution in [2.75, 3.05) is 0 Å². The summed E-state index contributed by atoms with van der Waals surface area (Å²) < 4.78 is 18.3. The number of hydrogen-bond donors (Lipinski definition) is 0. The van der Waals surface area contributed by atoms with Gasteiger partial charge in [0.25, 0.3) is 0 Å². The second-order valence-electron chi connectivity index (χ2n) is 3.31. The molecule has 1 aromatic heterocycles. The van der Waals surface area contributed by atoms with Crippen molar-refractivity contribution in [3.05, 3.63) is 51.9 Å². The summed E-state index contributed by atoms with van der Waals surface area (Å²) in [7, 11) is 0. The van der Waals surface area contributed by atoms with Crippen LogP contribution in [0.4, 0.5) is 4.39 Å². The van der Waals surface area contributed by atoms with Crippen molar-refractivity contribution < 1.29 is 9.13 Å². The predicted octanol–water partition coefficient (Wildman–Crippen LogP) is 4.19. The van der Waals surface area contributed by atoms with Gasteiger partial charge < -0.3 is 4.74 Å². The maximum atomic E-state index is 13.0. The van der Waals surface area contributed by atoms with E-state index in [9.17, 15) is 4.39 Å². The third-order valence-corrected chi connectivity index (χ3v) is 2.50. The molecule has 0 saturated heterocycles. The summed E-state index contributed by atoms with van der Waals surface area (Å²) in [6, 6.07) is 8.64. The number of nitrogens with zero attached hydrogens (tertiary/aromatic N) is 2. The zero-order chi connectivity index (χ0) is 13.1. The molecule has 1 aromatic carbocycles. The second-order valence-corrected chi connectivity index (χ2v) is 4.10. The quantitative estimate of drug-likeness (QED) is 0.776. The molecule has 90 valence electrons. The van der Waals surface area contributed by atoms with Crippen molar-refractivity contribution >= 4 is 23.2 Å². The highest BCUT2D eigenvalue weighted by molar-refractivity contribution is 6.30. The summed E-state index contributed by atoms with van der Waals surface area (Å²) in [5, 5.41) is 8.85. The van der Waals surface area contributed by atoms with Crippen LogP contribution in [0.5, 0.6) is 11.6 Å². The Morgan fingerprint density at radius 3 is 2.67 bits per heavy atom. The van der Waals surface area contributed by atoms with Gasteiger partial charge in [0, 0.05) is 12.1 Å². The third kappa shape index (κ3) is 2.89. The summed E-state index contributed by atoms with van der Waals surface area (Å²) in [5.41, 5.74) is 0.318. The fourth-order valence-electron chi connectivity index (χ4n) is 1.25. The summed E-state index contributed by atoms with van der Waals surface area (Å²) >= 11 is 11.3. The molecular weight excluding hydrogens is 278 g/mol. The lowest BCUT2D eigenvalue weighted by molar-refractivity contribution is 0.461. The Morgan fingerprint density at radius 1 is 1.22 bits per heavy atom. The average molecular weight is 283 g/mol. The van der Waals surface area contributed by atoms with E-state index in [4.69, 9.17) is 33.2 Å². The van der Waals surface area contributed by atoms with Crippen LogP contribution in [0.3, 0.4) is 0 Å². The van der Waals surface area contributed by atoms with Gasteiger partial charge in [-0.05, 0) is 18.2 Å². The molecule has 0 spiro atoms. The molecule has 0 aliphatic carbocycles. The molecule has 2 rings (SSSR count). The Kier molecular flexibility index (Phi) is 3.66. The summed E-state index contributed by atoms with van der Waals surface area (Å²) in [6.07, 6.45) is 0. The highest BCUT2D eigenvalue weighted by Crippen LogP contribution is 2.26. The van der Waals surface area contributed by atoms with E-state index in [-0.39, 0.29) is 16.1 Å². The van der Waals surface area contributed by atoms with E-state index in [1.807, 2.05) is 6.07 Å². The molecule has 2 aromatic rings. The molecule has 0 N–H and O–H groups in total. The van der Waals surface area contributed by atoms with Crippen LogP contribution < -0.4 is 4.74 Å². The molecule has 18 heavy (non-hydrogen) atoms. The van der Waals surface area contributed by atoms with Crippen molar-refractivity contribution in [1.82, 2.24) is 4.98 Å². The first kappa shape index (κ1) is 12.6. The van der Waals surface area contributed by atoms with Gasteiger partial charge in [-0.3, -0.25) is 0 Å². The third-order valence-electron chi connectivity index (χ3n) is 2.01. The molecule has 0 unspecified atom stereocenters. The van der Waals surface area contributed by atoms with Gasteiger partial charge in [-0.15, -0.1) is 0 Å². The first-order valence-corrected chi connectivity index (χ1v) is 5.54. The molecule has 0 radical (unpaired) electrons. The van der Waals surface area contributed by atoms with Crippen molar-refractivity contribution in [3.8, 4) is 17.7 Å². The Balaban J connectivity index is 2.31. The summed E-state index contributed by atoms with van der Waals surface area (Å²) in [4.78, 5) is 3.88. The normalized spacial score (nSPS) is 9.89. The number of rotatable bonds is 2. The maximum absolute atomic E-state index is 13.0. The Bertz CT molecular complexity index is 640. The van der Waals surface area contributed by atoms with E-state index in [0.717, 1.165) is 0 Å². The fraction of sp³-hybridized carbons (Fsp3) is 0. The van der Waals surface area contributed by atoms with Crippen molar-refractivity contribution in [1.29, 1.82) is 5.26 Å². The molecule has 3 nitrogen and oxygen atoms in total. The second kappa shape index (κ2) is 5.21. The van der Waals surface area contributed by atoms with E-state index >= 15 is 0 Å². The van der Waals surface area contributed by atoms with Crippen molar-refractivity contribution in [2.24, 2.45) is 0 Å². The van der Waals surface area contributed by atoms with Crippen LogP contribution in [0.25, 0.3) is 0 Å². The minimum atomic E-state index is -0.541. The lowest BCUT2D eigenvalue weighted by Crippen LogP contribution is -1.90. The van der Waals surface area contributed by atoms with Gasteiger partial charge in [0.15, 0.2) is 0 Å². The van der Waals surface area contributed by atoms with Gasteiger partial charge in [0.2, 0.25) is 5.88 Å². The van der Waals surface area contributed by atoms with Crippen LogP contribution >= 0.6 is 23.2 Å². The zero-order valence-electron chi connectivity index (χ0n) is 8.82. The number of pyridine rings is 1. The monoisotopic (exact) mass is 282 g/mol. The van der Waals surface area contributed by atoms with Crippen molar-refractivity contribution in [3.63, 3.8) is 0 Å². The average Bonchev–Trinajstić information content (AvgIpc) is 2.33. The molecule has 6 heteroatoms. The van der Waals surface area contributed by atoms with Crippen LogP contribution in [0.15, 0.2) is 30.3 Å². The van der Waals surface area contributed by atoms with Gasteiger partial charge in [-0.2, -0.15) is 5.26 Å². The highest BCUT2D eigenvalue weighted by Gasteiger charge is 2.06. The number of benzene rings is 1. The SMILES string of the molecule is N#Cc1cc(Cl)nc(Oc2ccc(F)c(Cl)c2)c1. The van der Waals surface area contributed by atoms with Gasteiger partial charge in [-0.25, -0.2) is 9.37 Å². The van der Waals surface area contributed by atoms with Crippen LogP contribution in [0.1, 0.15) is 5.56 Å². The Morgan fingerprint density at radius 2 is 2.00 bits per heavy atom. The lowest BCUT2D eigenvalue weighted by atomic mass is 10.3. The van der Waals surface area contributed by atoms with E-state index in [1.165, 1.54) is 30.3 Å². The fourth-order valence-corrected chi connectivity index (χ4v) is 1.62. The van der Waals surface area contributed by atoms with E-state index in [1.54, 1.807) is 0 Å². The molecule has 0 amide bonds. The Hall–Kier alpha value is -1.83. The molecule has 0 aliphatic rings. The number of aromatic nitrogens is 1. The maximum Gasteiger partial charge on any atom is 0.221 e. The largest absolute Gasteiger partial charge is 0.439 e. The molecule has 0 atom stereocenters. The van der Waals surface area contributed by atoms with Gasteiger partial charge in [0.05, 0.1) is 16.7 Å². The topological polar surface area (TPSA) is 45.9 Å². The summed E-state index contributed by atoms with van der Waals surface area (Å²) in [5.74, 6) is -0.0948. The molecule has 0 fully saturated rings.